The van der Waals surface area contributed by atoms with E-state index in [-0.39, 0.29) is 0 Å². The van der Waals surface area contributed by atoms with Crippen molar-refractivity contribution in [1.82, 2.24) is 0 Å². The summed E-state index contributed by atoms with van der Waals surface area (Å²) in [5, 5.41) is 23.2. The number of methoxy groups -OCH3 is 1. The van der Waals surface area contributed by atoms with Crippen LogP contribution in [0.25, 0.3) is 0 Å². The first-order valence-electron chi connectivity index (χ1n) is 9.47. The summed E-state index contributed by atoms with van der Waals surface area (Å²) in [6.45, 7) is 1.85. The smallest absolute Gasteiger partial charge is 0.194 e. The molecule has 1 aliphatic heterocycles. The average molecular weight is 376 g/mol. The lowest BCUT2D eigenvalue weighted by molar-refractivity contribution is -0.165. The first kappa shape index (κ1) is 18.5. The number of hydrogen-bond acceptors (Lipinski definition) is 4. The molecule has 2 N–H and O–H groups in total. The topological polar surface area (TPSA) is 58.9 Å². The molecule has 1 aliphatic rings. The molecule has 4 heteroatoms. The summed E-state index contributed by atoms with van der Waals surface area (Å²) in [6, 6.07) is 24.4. The van der Waals surface area contributed by atoms with Crippen molar-refractivity contribution in [3.05, 3.63) is 95.6 Å². The van der Waals surface area contributed by atoms with Crippen LogP contribution in [0.2, 0.25) is 0 Å². The SMILES string of the molecule is CCC(O)C1(O)c2ccccc2OC1(c1ccccc1)c1ccc(OC)cc1. The number of aliphatic hydroxyl groups excluding tert-OH is 1. The van der Waals surface area contributed by atoms with Gasteiger partial charge in [-0.25, -0.2) is 0 Å². The van der Waals surface area contributed by atoms with Gasteiger partial charge in [-0.2, -0.15) is 0 Å². The van der Waals surface area contributed by atoms with Gasteiger partial charge in [-0.3, -0.25) is 0 Å². The van der Waals surface area contributed by atoms with Gasteiger partial charge < -0.3 is 19.7 Å². The molecule has 0 aromatic heterocycles. The standard InChI is InChI=1S/C24H24O4/c1-3-22(25)23(26)20-11-7-8-12-21(20)28-24(23,17-9-5-4-6-10-17)18-13-15-19(27-2)16-14-18/h4-16,22,25-26H,3H2,1-2H3. The molecule has 4 nitrogen and oxygen atoms in total. The Bertz CT molecular complexity index is 954. The average Bonchev–Trinajstić information content (AvgIpc) is 3.04. The monoisotopic (exact) mass is 376 g/mol. The largest absolute Gasteiger partial charge is 0.497 e. The first-order valence-corrected chi connectivity index (χ1v) is 9.47. The Balaban J connectivity index is 2.05. The van der Waals surface area contributed by atoms with E-state index in [2.05, 4.69) is 0 Å². The molecule has 3 aromatic carbocycles. The van der Waals surface area contributed by atoms with Crippen molar-refractivity contribution >= 4 is 0 Å². The van der Waals surface area contributed by atoms with E-state index >= 15 is 0 Å². The first-order chi connectivity index (χ1) is 13.6. The maximum atomic E-state index is 12.1. The van der Waals surface area contributed by atoms with Crippen LogP contribution in [0, 0.1) is 0 Å². The fraction of sp³-hybridized carbons (Fsp3) is 0.250. The van der Waals surface area contributed by atoms with E-state index in [1.165, 1.54) is 0 Å². The van der Waals surface area contributed by atoms with E-state index in [4.69, 9.17) is 9.47 Å². The Hall–Kier alpha value is -2.82. The molecule has 0 fully saturated rings. The molecule has 0 spiro atoms. The molecule has 3 unspecified atom stereocenters. The van der Waals surface area contributed by atoms with Crippen molar-refractivity contribution in [3.63, 3.8) is 0 Å². The minimum atomic E-state index is -1.66. The van der Waals surface area contributed by atoms with E-state index in [0.717, 1.165) is 11.1 Å². The molecule has 144 valence electrons. The summed E-state index contributed by atoms with van der Waals surface area (Å²) in [5.74, 6) is 1.28. The van der Waals surface area contributed by atoms with E-state index in [0.29, 0.717) is 23.5 Å². The highest BCUT2D eigenvalue weighted by atomic mass is 16.5. The Morgan fingerprint density at radius 1 is 0.893 bits per heavy atom. The summed E-state index contributed by atoms with van der Waals surface area (Å²) >= 11 is 0. The van der Waals surface area contributed by atoms with Gasteiger partial charge in [-0.05, 0) is 24.6 Å². The second kappa shape index (κ2) is 6.97. The second-order valence-electron chi connectivity index (χ2n) is 7.06. The molecule has 1 heterocycles. The highest BCUT2D eigenvalue weighted by Crippen LogP contribution is 2.58. The molecule has 28 heavy (non-hydrogen) atoms. The number of para-hydroxylation sites is 1. The Morgan fingerprint density at radius 2 is 1.50 bits per heavy atom. The van der Waals surface area contributed by atoms with Gasteiger partial charge >= 0.3 is 0 Å². The zero-order valence-electron chi connectivity index (χ0n) is 16.0. The van der Waals surface area contributed by atoms with Crippen LogP contribution in [-0.4, -0.2) is 23.4 Å². The lowest BCUT2D eigenvalue weighted by Gasteiger charge is -2.44. The molecule has 0 radical (unpaired) electrons. The van der Waals surface area contributed by atoms with Gasteiger partial charge in [-0.15, -0.1) is 0 Å². The molecule has 3 aromatic rings. The third-order valence-electron chi connectivity index (χ3n) is 5.64. The zero-order chi connectivity index (χ0) is 19.8. The Kier molecular flexibility index (Phi) is 4.61. The van der Waals surface area contributed by atoms with Gasteiger partial charge in [0.05, 0.1) is 13.2 Å². The fourth-order valence-corrected chi connectivity index (χ4v) is 4.24. The summed E-state index contributed by atoms with van der Waals surface area (Å²) in [7, 11) is 1.61. The third-order valence-corrected chi connectivity index (χ3v) is 5.64. The third kappa shape index (κ3) is 2.45. The number of hydrogen-bond donors (Lipinski definition) is 2. The van der Waals surface area contributed by atoms with Gasteiger partial charge in [-0.1, -0.05) is 67.6 Å². The van der Waals surface area contributed by atoms with Crippen LogP contribution in [0.5, 0.6) is 11.5 Å². The number of fused-ring (bicyclic) bond motifs is 1. The fourth-order valence-electron chi connectivity index (χ4n) is 4.24. The summed E-state index contributed by atoms with van der Waals surface area (Å²) < 4.78 is 11.8. The molecule has 3 atom stereocenters. The van der Waals surface area contributed by atoms with Gasteiger partial charge in [0.25, 0.3) is 0 Å². The quantitative estimate of drug-likeness (QED) is 0.707. The lowest BCUT2D eigenvalue weighted by atomic mass is 9.68. The highest BCUT2D eigenvalue weighted by molar-refractivity contribution is 5.55. The van der Waals surface area contributed by atoms with Crippen LogP contribution in [0.4, 0.5) is 0 Å². The number of benzene rings is 3. The highest BCUT2D eigenvalue weighted by Gasteiger charge is 2.64. The van der Waals surface area contributed by atoms with Crippen LogP contribution >= 0.6 is 0 Å². The Morgan fingerprint density at radius 3 is 2.14 bits per heavy atom. The Labute approximate surface area is 165 Å². The van der Waals surface area contributed by atoms with Crippen LogP contribution in [0.15, 0.2) is 78.9 Å². The number of rotatable bonds is 5. The molecular formula is C24H24O4. The van der Waals surface area contributed by atoms with Crippen molar-refractivity contribution in [3.8, 4) is 11.5 Å². The van der Waals surface area contributed by atoms with Crippen molar-refractivity contribution in [2.24, 2.45) is 0 Å². The predicted molar refractivity (Wildman–Crippen MR) is 107 cm³/mol. The van der Waals surface area contributed by atoms with Gasteiger partial charge in [0.2, 0.25) is 0 Å². The molecule has 0 saturated heterocycles. The van der Waals surface area contributed by atoms with E-state index in [1.54, 1.807) is 7.11 Å². The predicted octanol–water partition coefficient (Wildman–Crippen LogP) is 3.99. The van der Waals surface area contributed by atoms with Gasteiger partial charge in [0.1, 0.15) is 11.5 Å². The molecule has 0 amide bonds. The maximum absolute atomic E-state index is 12.1. The van der Waals surface area contributed by atoms with Crippen molar-refractivity contribution in [2.75, 3.05) is 7.11 Å². The number of ether oxygens (including phenoxy) is 2. The van der Waals surface area contributed by atoms with Crippen molar-refractivity contribution < 1.29 is 19.7 Å². The summed E-state index contributed by atoms with van der Waals surface area (Å²) in [5.41, 5.74) is -0.852. The van der Waals surface area contributed by atoms with Crippen LogP contribution in [-0.2, 0) is 11.2 Å². The molecule has 4 rings (SSSR count). The second-order valence-corrected chi connectivity index (χ2v) is 7.06. The minimum absolute atomic E-state index is 0.374. The lowest BCUT2D eigenvalue weighted by Crippen LogP contribution is -2.56. The molecule has 0 aliphatic carbocycles. The molecular weight excluding hydrogens is 352 g/mol. The van der Waals surface area contributed by atoms with Crippen LogP contribution < -0.4 is 9.47 Å². The van der Waals surface area contributed by atoms with E-state index in [1.807, 2.05) is 85.8 Å². The zero-order valence-corrected chi connectivity index (χ0v) is 16.0. The van der Waals surface area contributed by atoms with Crippen LogP contribution in [0.3, 0.4) is 0 Å². The summed E-state index contributed by atoms with van der Waals surface area (Å²) in [6.07, 6.45) is -0.655. The van der Waals surface area contributed by atoms with E-state index in [9.17, 15) is 10.2 Å². The van der Waals surface area contributed by atoms with Crippen molar-refractivity contribution in [1.29, 1.82) is 0 Å². The van der Waals surface area contributed by atoms with Gasteiger partial charge in [0.15, 0.2) is 11.2 Å². The maximum Gasteiger partial charge on any atom is 0.194 e. The molecule has 0 bridgehead atoms. The van der Waals surface area contributed by atoms with Crippen LogP contribution in [0.1, 0.15) is 30.0 Å². The van der Waals surface area contributed by atoms with Gasteiger partial charge in [0, 0.05) is 16.7 Å². The normalized spacial score (nSPS) is 24.3. The minimum Gasteiger partial charge on any atom is -0.497 e. The molecule has 0 saturated carbocycles. The summed E-state index contributed by atoms with van der Waals surface area (Å²) in [4.78, 5) is 0. The van der Waals surface area contributed by atoms with E-state index < -0.39 is 17.3 Å². The van der Waals surface area contributed by atoms with Crippen molar-refractivity contribution in [2.45, 2.75) is 30.7 Å². The number of aliphatic hydroxyl groups is 2.